The highest BCUT2D eigenvalue weighted by Gasteiger charge is 2.57. The van der Waals surface area contributed by atoms with E-state index < -0.39 is 11.5 Å². The minimum absolute atomic E-state index is 0.0663. The molecule has 1 aliphatic rings. The number of carbonyl (C=O) groups excluding carboxylic acids is 1. The fraction of sp³-hybridized carbons (Fsp3) is 0.167. The smallest absolute Gasteiger partial charge is 0.169 e. The first-order chi connectivity index (χ1) is 16.5. The van der Waals surface area contributed by atoms with Gasteiger partial charge in [0, 0.05) is 21.5 Å². The van der Waals surface area contributed by atoms with Gasteiger partial charge in [0.15, 0.2) is 5.78 Å². The van der Waals surface area contributed by atoms with Crippen LogP contribution in [0.3, 0.4) is 0 Å². The number of rotatable bonds is 5. The number of hydrogen-bond donors (Lipinski definition) is 1. The number of Topliss-reactive ketones (excluding diaryl/α,β-unsaturated/α-hetero) is 1. The van der Waals surface area contributed by atoms with Crippen molar-refractivity contribution in [1.29, 1.82) is 0 Å². The van der Waals surface area contributed by atoms with E-state index in [9.17, 15) is 9.90 Å². The largest absolute Gasteiger partial charge is 0.384 e. The highest BCUT2D eigenvalue weighted by atomic mass is 35.5. The molecule has 0 unspecified atom stereocenters. The molecule has 1 saturated carbocycles. The summed E-state index contributed by atoms with van der Waals surface area (Å²) in [5, 5.41) is 13.6. The topological polar surface area (TPSA) is 37.3 Å². The third-order valence-corrected chi connectivity index (χ3v) is 7.51. The maximum atomic E-state index is 14.1. The van der Waals surface area contributed by atoms with Crippen LogP contribution in [0.1, 0.15) is 45.3 Å². The Balaban J connectivity index is 1.72. The Morgan fingerprint density at radius 3 is 1.76 bits per heavy atom. The highest BCUT2D eigenvalue weighted by Crippen LogP contribution is 2.59. The van der Waals surface area contributed by atoms with Crippen LogP contribution in [0.25, 0.3) is 0 Å². The average Bonchev–Trinajstić information content (AvgIpc) is 3.20. The molecule has 4 heteroatoms. The average molecular weight is 487 g/mol. The van der Waals surface area contributed by atoms with Crippen molar-refractivity contribution in [3.05, 3.63) is 141 Å². The fourth-order valence-electron chi connectivity index (χ4n) is 5.45. The number of carbonyl (C=O) groups is 1. The Hall–Kier alpha value is -2.91. The standard InChI is InChI=1S/C30H24Cl2O2/c31-24-15-11-20(12-16-24)26-19-30(34,23-9-5-2-6-10-23)28(29(33)22-7-3-1-4-8-22)27(26)21-13-17-25(32)18-14-21/h1-18,26-28,34H,19H2/t26-,27-,28-,30+/m0/s1. The van der Waals surface area contributed by atoms with Crippen molar-refractivity contribution >= 4 is 29.0 Å². The van der Waals surface area contributed by atoms with E-state index >= 15 is 0 Å². The van der Waals surface area contributed by atoms with Crippen molar-refractivity contribution in [2.75, 3.05) is 0 Å². The highest BCUT2D eigenvalue weighted by molar-refractivity contribution is 6.30. The molecule has 4 aromatic rings. The van der Waals surface area contributed by atoms with Crippen LogP contribution in [-0.2, 0) is 5.60 Å². The van der Waals surface area contributed by atoms with Gasteiger partial charge in [0.05, 0.1) is 5.92 Å². The number of benzene rings is 4. The molecular formula is C30H24Cl2O2. The van der Waals surface area contributed by atoms with Crippen molar-refractivity contribution in [3.63, 3.8) is 0 Å². The molecule has 2 nitrogen and oxygen atoms in total. The van der Waals surface area contributed by atoms with Gasteiger partial charge in [-0.25, -0.2) is 0 Å². The van der Waals surface area contributed by atoms with Gasteiger partial charge in [0.2, 0.25) is 0 Å². The number of halogens is 2. The van der Waals surface area contributed by atoms with Crippen molar-refractivity contribution in [2.45, 2.75) is 23.9 Å². The van der Waals surface area contributed by atoms with Gasteiger partial charge in [-0.15, -0.1) is 0 Å². The van der Waals surface area contributed by atoms with Crippen molar-refractivity contribution in [2.24, 2.45) is 5.92 Å². The van der Waals surface area contributed by atoms with Gasteiger partial charge in [-0.1, -0.05) is 108 Å². The number of ketones is 1. The lowest BCUT2D eigenvalue weighted by molar-refractivity contribution is -0.000254. The SMILES string of the molecule is O=C(c1ccccc1)[C@@H]1[C@@H](c2ccc(Cl)cc2)[C@H](c2ccc(Cl)cc2)C[C@@]1(O)c1ccccc1. The van der Waals surface area contributed by atoms with Crippen LogP contribution in [0.15, 0.2) is 109 Å². The van der Waals surface area contributed by atoms with Gasteiger partial charge < -0.3 is 5.11 Å². The van der Waals surface area contributed by atoms with Gasteiger partial charge in [0.1, 0.15) is 5.60 Å². The maximum Gasteiger partial charge on any atom is 0.169 e. The van der Waals surface area contributed by atoms with Crippen molar-refractivity contribution in [1.82, 2.24) is 0 Å². The summed E-state index contributed by atoms with van der Waals surface area (Å²) in [6.45, 7) is 0. The van der Waals surface area contributed by atoms with Crippen LogP contribution < -0.4 is 0 Å². The third kappa shape index (κ3) is 4.18. The zero-order valence-corrected chi connectivity index (χ0v) is 20.0. The van der Waals surface area contributed by atoms with Gasteiger partial charge in [-0.2, -0.15) is 0 Å². The van der Waals surface area contributed by atoms with Crippen LogP contribution in [0, 0.1) is 5.92 Å². The van der Waals surface area contributed by atoms with Crippen LogP contribution in [0.4, 0.5) is 0 Å². The second kappa shape index (κ2) is 9.38. The quantitative estimate of drug-likeness (QED) is 0.294. The van der Waals surface area contributed by atoms with Gasteiger partial charge in [-0.3, -0.25) is 4.79 Å². The lowest BCUT2D eigenvalue weighted by atomic mass is 9.73. The molecule has 1 fully saturated rings. The third-order valence-electron chi connectivity index (χ3n) is 7.01. The summed E-state index contributed by atoms with van der Waals surface area (Å²) >= 11 is 12.4. The van der Waals surface area contributed by atoms with Crippen molar-refractivity contribution in [3.8, 4) is 0 Å². The van der Waals surface area contributed by atoms with Crippen LogP contribution in [0.5, 0.6) is 0 Å². The summed E-state index contributed by atoms with van der Waals surface area (Å²) in [7, 11) is 0. The van der Waals surface area contributed by atoms with E-state index in [1.165, 1.54) is 0 Å². The molecule has 0 saturated heterocycles. The Morgan fingerprint density at radius 2 is 1.21 bits per heavy atom. The summed E-state index contributed by atoms with van der Waals surface area (Å²) in [5.74, 6) is -1.10. The second-order valence-corrected chi connectivity index (χ2v) is 9.81. The Kier molecular flexibility index (Phi) is 6.31. The zero-order chi connectivity index (χ0) is 23.7. The van der Waals surface area contributed by atoms with E-state index in [1.807, 2.05) is 109 Å². The summed E-state index contributed by atoms with van der Waals surface area (Å²) in [6, 6.07) is 34.2. The maximum absolute atomic E-state index is 14.1. The van der Waals surface area contributed by atoms with Crippen LogP contribution >= 0.6 is 23.2 Å². The number of hydrogen-bond acceptors (Lipinski definition) is 2. The molecule has 5 rings (SSSR count). The van der Waals surface area contributed by atoms with E-state index in [1.54, 1.807) is 0 Å². The molecule has 0 aromatic heterocycles. The molecule has 0 bridgehead atoms. The summed E-state index contributed by atoms with van der Waals surface area (Å²) in [5.41, 5.74) is 2.02. The molecule has 0 amide bonds. The molecule has 1 N–H and O–H groups in total. The monoisotopic (exact) mass is 486 g/mol. The van der Waals surface area contributed by atoms with Gasteiger partial charge in [-0.05, 0) is 53.3 Å². The molecule has 0 radical (unpaired) electrons. The normalized spacial score (nSPS) is 24.1. The van der Waals surface area contributed by atoms with Gasteiger partial charge in [0.25, 0.3) is 0 Å². The second-order valence-electron chi connectivity index (χ2n) is 8.94. The molecule has 4 aromatic carbocycles. The minimum Gasteiger partial charge on any atom is -0.384 e. The summed E-state index contributed by atoms with van der Waals surface area (Å²) in [4.78, 5) is 14.1. The van der Waals surface area contributed by atoms with E-state index in [0.29, 0.717) is 22.0 Å². The molecule has 34 heavy (non-hydrogen) atoms. The lowest BCUT2D eigenvalue weighted by Crippen LogP contribution is -2.37. The molecule has 0 spiro atoms. The molecule has 4 atom stereocenters. The van der Waals surface area contributed by atoms with E-state index in [4.69, 9.17) is 23.2 Å². The Labute approximate surface area is 209 Å². The molecule has 0 heterocycles. The first kappa shape index (κ1) is 22.9. The van der Waals surface area contributed by atoms with Crippen LogP contribution in [-0.4, -0.2) is 10.9 Å². The predicted molar refractivity (Wildman–Crippen MR) is 138 cm³/mol. The zero-order valence-electron chi connectivity index (χ0n) is 18.4. The van der Waals surface area contributed by atoms with E-state index in [2.05, 4.69) is 0 Å². The molecular weight excluding hydrogens is 463 g/mol. The first-order valence-corrected chi connectivity index (χ1v) is 12.1. The summed E-state index contributed by atoms with van der Waals surface area (Å²) < 4.78 is 0. The van der Waals surface area contributed by atoms with Crippen LogP contribution in [0.2, 0.25) is 10.0 Å². The Bertz CT molecular complexity index is 1270. The molecule has 1 aliphatic carbocycles. The lowest BCUT2D eigenvalue weighted by Gasteiger charge is -2.32. The fourth-order valence-corrected chi connectivity index (χ4v) is 5.70. The first-order valence-electron chi connectivity index (χ1n) is 11.4. The summed E-state index contributed by atoms with van der Waals surface area (Å²) in [6.07, 6.45) is 0.412. The van der Waals surface area contributed by atoms with Crippen molar-refractivity contribution < 1.29 is 9.90 Å². The number of aliphatic hydroxyl groups is 1. The predicted octanol–water partition coefficient (Wildman–Crippen LogP) is 7.65. The molecule has 0 aliphatic heterocycles. The Morgan fingerprint density at radius 1 is 0.706 bits per heavy atom. The minimum atomic E-state index is -1.34. The van der Waals surface area contributed by atoms with E-state index in [0.717, 1.165) is 16.7 Å². The van der Waals surface area contributed by atoms with E-state index in [-0.39, 0.29) is 17.6 Å². The van der Waals surface area contributed by atoms with Gasteiger partial charge >= 0.3 is 0 Å². The molecule has 170 valence electrons.